The molecule has 35 heavy (non-hydrogen) atoms. The van der Waals surface area contributed by atoms with Crippen molar-refractivity contribution in [3.8, 4) is 17.2 Å². The van der Waals surface area contributed by atoms with Gasteiger partial charge in [0.05, 0.1) is 17.2 Å². The summed E-state index contributed by atoms with van der Waals surface area (Å²) < 4.78 is 17.7. The molecule has 0 spiro atoms. The summed E-state index contributed by atoms with van der Waals surface area (Å²) in [6, 6.07) is 7.29. The molecular weight excluding hydrogens is 470 g/mol. The lowest BCUT2D eigenvalue weighted by Crippen LogP contribution is -2.45. The van der Waals surface area contributed by atoms with Crippen LogP contribution < -0.4 is 19.5 Å². The maximum atomic E-state index is 13.2. The van der Waals surface area contributed by atoms with Gasteiger partial charge < -0.3 is 14.2 Å². The number of amides is 2. The van der Waals surface area contributed by atoms with Gasteiger partial charge in [0, 0.05) is 12.5 Å². The molecule has 2 aliphatic rings. The van der Waals surface area contributed by atoms with Crippen LogP contribution in [0, 0.1) is 20.8 Å². The monoisotopic (exact) mass is 497 g/mol. The summed E-state index contributed by atoms with van der Waals surface area (Å²) in [5.74, 6) is 0.699. The van der Waals surface area contributed by atoms with E-state index in [1.807, 2.05) is 32.9 Å². The lowest BCUT2D eigenvalue weighted by Gasteiger charge is -2.36. The van der Waals surface area contributed by atoms with Crippen LogP contribution in [-0.4, -0.2) is 40.4 Å². The molecule has 8 nitrogen and oxygen atoms in total. The topological polar surface area (TPSA) is 108 Å². The molecule has 1 N–H and O–H groups in total. The van der Waals surface area contributed by atoms with Crippen molar-refractivity contribution >= 4 is 34.7 Å². The van der Waals surface area contributed by atoms with E-state index < -0.39 is 16.8 Å². The Kier molecular flexibility index (Phi) is 6.64. The average molecular weight is 498 g/mol. The molecule has 0 aliphatic carbocycles. The van der Waals surface area contributed by atoms with Crippen LogP contribution in [0.3, 0.4) is 0 Å². The Hall–Kier alpha value is -3.33. The van der Waals surface area contributed by atoms with Crippen molar-refractivity contribution in [2.24, 2.45) is 0 Å². The number of Topliss-reactive ketones (excluding diaryl/α,β-unsaturated/α-hetero) is 1. The summed E-state index contributed by atoms with van der Waals surface area (Å²) >= 11 is 0.999. The quantitative estimate of drug-likeness (QED) is 0.467. The average Bonchev–Trinajstić information content (AvgIpc) is 3.10. The number of rotatable bonds is 6. The maximum absolute atomic E-state index is 13.2. The molecule has 2 heterocycles. The van der Waals surface area contributed by atoms with Gasteiger partial charge in [-0.1, -0.05) is 23.9 Å². The Morgan fingerprint density at radius 3 is 2.40 bits per heavy atom. The summed E-state index contributed by atoms with van der Waals surface area (Å²) in [4.78, 5) is 47.8. The van der Waals surface area contributed by atoms with Crippen LogP contribution in [0.1, 0.15) is 52.9 Å². The van der Waals surface area contributed by atoms with Crippen molar-refractivity contribution in [3.63, 3.8) is 0 Å². The Balaban J connectivity index is 1.47. The Labute approximate surface area is 207 Å². The van der Waals surface area contributed by atoms with Gasteiger partial charge in [0.25, 0.3) is 5.24 Å². The molecule has 4 rings (SSSR count). The number of thioether (sulfide) groups is 1. The van der Waals surface area contributed by atoms with E-state index in [2.05, 4.69) is 5.32 Å². The lowest BCUT2D eigenvalue weighted by atomic mass is 9.86. The van der Waals surface area contributed by atoms with Crippen LogP contribution in [-0.2, 0) is 16.0 Å². The fourth-order valence-electron chi connectivity index (χ4n) is 4.34. The fourth-order valence-corrected chi connectivity index (χ4v) is 5.20. The highest BCUT2D eigenvalue weighted by Gasteiger charge is 2.40. The second-order valence-electron chi connectivity index (χ2n) is 9.17. The molecule has 184 valence electrons. The molecule has 2 aliphatic heterocycles. The van der Waals surface area contributed by atoms with Crippen LogP contribution in [0.5, 0.6) is 17.2 Å². The molecule has 9 heteroatoms. The number of hydrogen-bond donors (Lipinski definition) is 1. The van der Waals surface area contributed by atoms with Crippen LogP contribution in [0.25, 0.3) is 0 Å². The largest absolute Gasteiger partial charge is 0.489 e. The lowest BCUT2D eigenvalue weighted by molar-refractivity contribution is -0.132. The number of fused-ring (bicyclic) bond motifs is 1. The number of carbonyl (C=O) groups excluding carboxylic acids is 4. The SMILES string of the molecule is CC(=O)Oc1c(C)c(C)c2c(c1C)C(=O)CC(C)(COc1ccc(CC3SC(=O)NC3=O)cc1)O2. The fraction of sp³-hybridized carbons (Fsp3) is 0.385. The second kappa shape index (κ2) is 9.37. The van der Waals surface area contributed by atoms with Gasteiger partial charge in [0.2, 0.25) is 5.91 Å². The van der Waals surface area contributed by atoms with Crippen molar-refractivity contribution in [3.05, 3.63) is 52.1 Å². The first-order chi connectivity index (χ1) is 16.5. The van der Waals surface area contributed by atoms with Gasteiger partial charge in [0.1, 0.15) is 29.5 Å². The van der Waals surface area contributed by atoms with Gasteiger partial charge in [-0.05, 0) is 62.9 Å². The smallest absolute Gasteiger partial charge is 0.308 e. The standard InChI is InChI=1S/C26H27NO7S/c1-13-14(2)23-21(15(3)22(13)33-16(4)28)19(29)11-26(5,34-23)12-32-18-8-6-17(7-9-18)10-20-24(30)27-25(31)35-20/h6-9,20H,10-12H2,1-5H3,(H,27,30,31). The zero-order valence-corrected chi connectivity index (χ0v) is 21.1. The molecule has 0 saturated carbocycles. The van der Waals surface area contributed by atoms with E-state index in [0.717, 1.165) is 28.5 Å². The number of nitrogens with one attached hydrogen (secondary N) is 1. The molecule has 0 bridgehead atoms. The van der Waals surface area contributed by atoms with E-state index >= 15 is 0 Å². The Bertz CT molecular complexity index is 1240. The molecule has 0 aromatic heterocycles. The molecule has 2 unspecified atom stereocenters. The van der Waals surface area contributed by atoms with Crippen molar-refractivity contribution in [2.45, 2.75) is 58.3 Å². The predicted octanol–water partition coefficient (Wildman–Crippen LogP) is 4.23. The van der Waals surface area contributed by atoms with E-state index in [4.69, 9.17) is 14.2 Å². The number of esters is 1. The molecular formula is C26H27NO7S. The molecule has 2 aromatic carbocycles. The zero-order chi connectivity index (χ0) is 25.5. The molecule has 0 radical (unpaired) electrons. The first-order valence-corrected chi connectivity index (χ1v) is 12.1. The summed E-state index contributed by atoms with van der Waals surface area (Å²) in [5.41, 5.74) is 2.57. The number of ketones is 1. The number of ether oxygens (including phenoxy) is 3. The van der Waals surface area contributed by atoms with Crippen molar-refractivity contribution in [1.82, 2.24) is 5.32 Å². The van der Waals surface area contributed by atoms with E-state index in [1.54, 1.807) is 19.1 Å². The second-order valence-corrected chi connectivity index (χ2v) is 10.3. The van der Waals surface area contributed by atoms with Crippen LogP contribution in [0.4, 0.5) is 4.79 Å². The molecule has 1 fully saturated rings. The van der Waals surface area contributed by atoms with Gasteiger partial charge in [0.15, 0.2) is 5.78 Å². The number of imide groups is 1. The van der Waals surface area contributed by atoms with E-state index in [9.17, 15) is 19.2 Å². The highest BCUT2D eigenvalue weighted by Crippen LogP contribution is 2.44. The highest BCUT2D eigenvalue weighted by molar-refractivity contribution is 8.15. The van der Waals surface area contributed by atoms with Gasteiger partial charge >= 0.3 is 5.97 Å². The van der Waals surface area contributed by atoms with Crippen molar-refractivity contribution in [2.75, 3.05) is 6.61 Å². The third-order valence-corrected chi connectivity index (χ3v) is 7.23. The van der Waals surface area contributed by atoms with E-state index in [-0.39, 0.29) is 30.0 Å². The van der Waals surface area contributed by atoms with Crippen LogP contribution in [0.2, 0.25) is 0 Å². The Morgan fingerprint density at radius 1 is 1.11 bits per heavy atom. The van der Waals surface area contributed by atoms with E-state index in [0.29, 0.717) is 34.8 Å². The van der Waals surface area contributed by atoms with Crippen LogP contribution >= 0.6 is 11.8 Å². The minimum absolute atomic E-state index is 0.0939. The van der Waals surface area contributed by atoms with Gasteiger partial charge in [-0.15, -0.1) is 0 Å². The Morgan fingerprint density at radius 2 is 1.80 bits per heavy atom. The highest BCUT2D eigenvalue weighted by atomic mass is 32.2. The summed E-state index contributed by atoms with van der Waals surface area (Å²) in [5, 5.41) is 1.55. The van der Waals surface area contributed by atoms with Crippen molar-refractivity contribution in [1.29, 1.82) is 0 Å². The molecule has 1 saturated heterocycles. The normalized spacial score (nSPS) is 21.3. The third-order valence-electron chi connectivity index (χ3n) is 6.25. The molecule has 2 amide bonds. The predicted molar refractivity (Wildman–Crippen MR) is 131 cm³/mol. The van der Waals surface area contributed by atoms with Gasteiger partial charge in [-0.3, -0.25) is 24.5 Å². The summed E-state index contributed by atoms with van der Waals surface area (Å²) in [7, 11) is 0. The minimum Gasteiger partial charge on any atom is -0.489 e. The molecule has 2 atom stereocenters. The van der Waals surface area contributed by atoms with E-state index in [1.165, 1.54) is 6.92 Å². The molecule has 2 aromatic rings. The van der Waals surface area contributed by atoms with Gasteiger partial charge in [-0.2, -0.15) is 0 Å². The third kappa shape index (κ3) is 5.05. The summed E-state index contributed by atoms with van der Waals surface area (Å²) in [6.45, 7) is 8.75. The van der Waals surface area contributed by atoms with Crippen LogP contribution in [0.15, 0.2) is 24.3 Å². The number of carbonyl (C=O) groups is 4. The number of benzene rings is 2. The zero-order valence-electron chi connectivity index (χ0n) is 20.3. The number of hydrogen-bond acceptors (Lipinski definition) is 8. The first-order valence-electron chi connectivity index (χ1n) is 11.2. The first kappa shape index (κ1) is 24.8. The summed E-state index contributed by atoms with van der Waals surface area (Å²) in [6.07, 6.45) is 0.560. The van der Waals surface area contributed by atoms with Crippen molar-refractivity contribution < 1.29 is 33.4 Å². The maximum Gasteiger partial charge on any atom is 0.308 e. The minimum atomic E-state index is -0.881. The van der Waals surface area contributed by atoms with Gasteiger partial charge in [-0.25, -0.2) is 0 Å².